The number of alkyl carbamates (subject to hydrolysis) is 1. The van der Waals surface area contributed by atoms with Crippen LogP contribution in [-0.2, 0) is 22.5 Å². The van der Waals surface area contributed by atoms with Crippen LogP contribution in [0.2, 0.25) is 0 Å². The van der Waals surface area contributed by atoms with Gasteiger partial charge in [-0.05, 0) is 117 Å². The monoisotopic (exact) mass is 699 g/mol. The number of ether oxygens (including phenoxy) is 1. The van der Waals surface area contributed by atoms with Crippen LogP contribution in [0.15, 0.2) is 97.2 Å². The predicted molar refractivity (Wildman–Crippen MR) is 206 cm³/mol. The lowest BCUT2D eigenvalue weighted by Crippen LogP contribution is -2.47. The van der Waals surface area contributed by atoms with Gasteiger partial charge in [-0.1, -0.05) is 78.9 Å². The molecule has 0 saturated carbocycles. The number of aromatic nitrogens is 1. The molecule has 3 amide bonds. The van der Waals surface area contributed by atoms with Crippen LogP contribution in [0, 0.1) is 0 Å². The lowest BCUT2D eigenvalue weighted by Gasteiger charge is -2.26. The van der Waals surface area contributed by atoms with Crippen LogP contribution in [0.5, 0.6) is 0 Å². The van der Waals surface area contributed by atoms with Crippen molar-refractivity contribution < 1.29 is 19.1 Å². The Kier molecular flexibility index (Phi) is 11.5. The number of pyridine rings is 1. The number of carbonyl (C=O) groups excluding carboxylic acids is 3. The highest BCUT2D eigenvalue weighted by Gasteiger charge is 2.26. The van der Waals surface area contributed by atoms with Gasteiger partial charge in [0.2, 0.25) is 5.91 Å². The summed E-state index contributed by atoms with van der Waals surface area (Å²) < 4.78 is 5.41. The van der Waals surface area contributed by atoms with Crippen LogP contribution in [0.3, 0.4) is 0 Å². The molecule has 270 valence electrons. The maximum absolute atomic E-state index is 14.1. The van der Waals surface area contributed by atoms with Gasteiger partial charge in [-0.2, -0.15) is 0 Å². The molecule has 4 N–H and O–H groups in total. The number of hydrogen-bond donors (Lipinski definition) is 4. The molecule has 1 aromatic heterocycles. The Morgan fingerprint density at radius 2 is 1.62 bits per heavy atom. The second-order valence-corrected chi connectivity index (χ2v) is 14.6. The molecule has 0 aliphatic heterocycles. The fourth-order valence-electron chi connectivity index (χ4n) is 7.11. The lowest BCUT2D eigenvalue weighted by atomic mass is 9.92. The first-order valence-electron chi connectivity index (χ1n) is 18.3. The smallest absolute Gasteiger partial charge is 0.407 e. The third-order valence-electron chi connectivity index (χ3n) is 9.61. The maximum atomic E-state index is 14.1. The van der Waals surface area contributed by atoms with Crippen molar-refractivity contribution in [3.8, 4) is 0 Å². The molecule has 9 heteroatoms. The average Bonchev–Trinajstić information content (AvgIpc) is 3.14. The summed E-state index contributed by atoms with van der Waals surface area (Å²) in [6.45, 7) is 8.35. The first-order chi connectivity index (χ1) is 25.1. The number of nitrogens with one attached hydrogen (secondary N) is 4. The van der Waals surface area contributed by atoms with Gasteiger partial charge in [0.1, 0.15) is 11.6 Å². The molecule has 0 fully saturated rings. The summed E-state index contributed by atoms with van der Waals surface area (Å²) in [5.74, 6) is -0.569. The number of amides is 3. The van der Waals surface area contributed by atoms with Crippen molar-refractivity contribution in [2.75, 3.05) is 6.54 Å². The third kappa shape index (κ3) is 8.95. The van der Waals surface area contributed by atoms with Crippen LogP contribution in [0.25, 0.3) is 21.5 Å². The van der Waals surface area contributed by atoms with Crippen LogP contribution in [0.4, 0.5) is 4.79 Å². The summed E-state index contributed by atoms with van der Waals surface area (Å²) in [7, 11) is 0. The van der Waals surface area contributed by atoms with E-state index in [-0.39, 0.29) is 30.4 Å². The van der Waals surface area contributed by atoms with E-state index >= 15 is 0 Å². The van der Waals surface area contributed by atoms with Gasteiger partial charge < -0.3 is 26.0 Å². The van der Waals surface area contributed by atoms with E-state index in [4.69, 9.17) is 4.74 Å². The molecule has 0 radical (unpaired) electrons. The van der Waals surface area contributed by atoms with Crippen molar-refractivity contribution in [3.05, 3.63) is 125 Å². The van der Waals surface area contributed by atoms with Crippen LogP contribution in [0.1, 0.15) is 98.2 Å². The number of benzene rings is 4. The Balaban J connectivity index is 1.19. The van der Waals surface area contributed by atoms with Gasteiger partial charge in [-0.15, -0.1) is 0 Å². The number of carbonyl (C=O) groups is 3. The Hall–Kier alpha value is -5.28. The van der Waals surface area contributed by atoms with Gasteiger partial charge in [-0.25, -0.2) is 4.79 Å². The lowest BCUT2D eigenvalue weighted by molar-refractivity contribution is -0.123. The van der Waals surface area contributed by atoms with E-state index in [1.165, 1.54) is 5.56 Å². The highest BCUT2D eigenvalue weighted by atomic mass is 16.6. The zero-order valence-electron chi connectivity index (χ0n) is 30.5. The second kappa shape index (κ2) is 16.4. The van der Waals surface area contributed by atoms with E-state index in [1.807, 2.05) is 94.6 Å². The minimum absolute atomic E-state index is 0.174. The quantitative estimate of drug-likeness (QED) is 0.0986. The SMILES string of the molecule is C[C@@H](NC(=O)[C@H](CCCNC1CCCc2cccnc21)NC(=O)c1ccc(CNC(=O)OC(C)(C)C)c2ccccc12)c1cccc2ccccc12. The standard InChI is InChI=1S/C43H49N5O4/c1-28(32-20-9-14-29-13-5-6-17-33(29)32)47-41(50)38(22-12-25-44-37-21-10-15-30-16-11-26-45-39(30)37)48-40(49)36-24-23-31(34-18-7-8-19-35(34)36)27-46-42(51)52-43(2,3)4/h5-9,11,13-14,16-20,23-24,26,28,37-38,44H,10,12,15,21-22,25,27H2,1-4H3,(H,46,51)(H,47,50)(H,48,49)/t28-,37?,38+/m1/s1. The first-order valence-corrected chi connectivity index (χ1v) is 18.3. The van der Waals surface area contributed by atoms with E-state index in [1.54, 1.807) is 6.07 Å². The number of hydrogen-bond acceptors (Lipinski definition) is 6. The topological polar surface area (TPSA) is 121 Å². The van der Waals surface area contributed by atoms with Crippen LogP contribution < -0.4 is 21.3 Å². The third-order valence-corrected chi connectivity index (χ3v) is 9.61. The molecule has 4 aromatic carbocycles. The molecule has 1 unspecified atom stereocenters. The molecular formula is C43H49N5O4. The summed E-state index contributed by atoms with van der Waals surface area (Å²) in [6, 6.07) is 28.7. The fourth-order valence-corrected chi connectivity index (χ4v) is 7.11. The van der Waals surface area contributed by atoms with Gasteiger partial charge >= 0.3 is 6.09 Å². The number of rotatable bonds is 12. The van der Waals surface area contributed by atoms with E-state index in [0.717, 1.165) is 57.6 Å². The van der Waals surface area contributed by atoms with Crippen LogP contribution in [-0.4, -0.2) is 41.1 Å². The van der Waals surface area contributed by atoms with Gasteiger partial charge in [0.25, 0.3) is 5.91 Å². The average molecular weight is 700 g/mol. The molecule has 0 spiro atoms. The minimum Gasteiger partial charge on any atom is -0.444 e. The van der Waals surface area contributed by atoms with Crippen molar-refractivity contribution in [1.82, 2.24) is 26.3 Å². The molecule has 0 bridgehead atoms. The molecule has 3 atom stereocenters. The minimum atomic E-state index is -0.768. The Morgan fingerprint density at radius 1 is 0.865 bits per heavy atom. The predicted octanol–water partition coefficient (Wildman–Crippen LogP) is 7.84. The Bertz CT molecular complexity index is 2050. The van der Waals surface area contributed by atoms with Crippen molar-refractivity contribution in [2.24, 2.45) is 0 Å². The van der Waals surface area contributed by atoms with Gasteiger partial charge in [-0.3, -0.25) is 14.6 Å². The molecular weight excluding hydrogens is 651 g/mol. The second-order valence-electron chi connectivity index (χ2n) is 14.6. The van der Waals surface area contributed by atoms with E-state index in [9.17, 15) is 14.4 Å². The normalized spacial score (nSPS) is 15.3. The molecule has 0 saturated heterocycles. The van der Waals surface area contributed by atoms with E-state index in [0.29, 0.717) is 24.9 Å². The summed E-state index contributed by atoms with van der Waals surface area (Å²) in [6.07, 6.45) is 5.63. The Morgan fingerprint density at radius 3 is 2.42 bits per heavy atom. The highest BCUT2D eigenvalue weighted by molar-refractivity contribution is 6.09. The summed E-state index contributed by atoms with van der Waals surface area (Å²) in [5.41, 5.74) is 4.11. The van der Waals surface area contributed by atoms with E-state index in [2.05, 4.69) is 50.5 Å². The van der Waals surface area contributed by atoms with Crippen molar-refractivity contribution in [1.29, 1.82) is 0 Å². The Labute approximate surface area is 305 Å². The zero-order valence-corrected chi connectivity index (χ0v) is 30.5. The van der Waals surface area contributed by atoms with Crippen molar-refractivity contribution in [2.45, 2.75) is 90.1 Å². The zero-order chi connectivity index (χ0) is 36.7. The van der Waals surface area contributed by atoms with Gasteiger partial charge in [0.05, 0.1) is 11.7 Å². The molecule has 52 heavy (non-hydrogen) atoms. The molecule has 1 aliphatic rings. The maximum Gasteiger partial charge on any atom is 0.407 e. The van der Waals surface area contributed by atoms with Crippen LogP contribution >= 0.6 is 0 Å². The van der Waals surface area contributed by atoms with Gasteiger partial charge in [0.15, 0.2) is 0 Å². The first kappa shape index (κ1) is 36.5. The molecule has 6 rings (SSSR count). The molecule has 5 aromatic rings. The van der Waals surface area contributed by atoms with Crippen molar-refractivity contribution >= 4 is 39.5 Å². The number of aryl methyl sites for hydroxylation is 1. The molecule has 9 nitrogen and oxygen atoms in total. The number of nitrogens with zero attached hydrogens (tertiary/aromatic N) is 1. The van der Waals surface area contributed by atoms with E-state index < -0.39 is 17.7 Å². The number of fused-ring (bicyclic) bond motifs is 3. The largest absolute Gasteiger partial charge is 0.444 e. The molecule has 1 heterocycles. The van der Waals surface area contributed by atoms with Crippen molar-refractivity contribution in [3.63, 3.8) is 0 Å². The summed E-state index contributed by atoms with van der Waals surface area (Å²) in [5, 5.41) is 16.5. The van der Waals surface area contributed by atoms with Gasteiger partial charge in [0, 0.05) is 24.3 Å². The molecule has 1 aliphatic carbocycles. The summed E-state index contributed by atoms with van der Waals surface area (Å²) in [4.78, 5) is 45.1. The summed E-state index contributed by atoms with van der Waals surface area (Å²) >= 11 is 0. The fraction of sp³-hybridized carbons (Fsp3) is 0.349. The highest BCUT2D eigenvalue weighted by Crippen LogP contribution is 2.28.